The zero-order valence-corrected chi connectivity index (χ0v) is 17.2. The summed E-state index contributed by atoms with van der Waals surface area (Å²) in [4.78, 5) is 20.8. The molecule has 1 aromatic heterocycles. The first-order valence-corrected chi connectivity index (χ1v) is 10.9. The summed E-state index contributed by atoms with van der Waals surface area (Å²) >= 11 is 3.12. The van der Waals surface area contributed by atoms with Gasteiger partial charge in [0.05, 0.1) is 22.5 Å². The number of aryl methyl sites for hydroxylation is 1. The summed E-state index contributed by atoms with van der Waals surface area (Å²) in [6, 6.07) is 26.3. The SMILES string of the molecule is Cc1ccc(SCC(=O)N(Cc2ccccc2)c2nc3ccccc3s2)cc1. The quantitative estimate of drug-likeness (QED) is 0.373. The Morgan fingerprint density at radius 2 is 1.68 bits per heavy atom. The van der Waals surface area contributed by atoms with Crippen molar-refractivity contribution < 1.29 is 4.79 Å². The lowest BCUT2D eigenvalue weighted by Crippen LogP contribution is -2.31. The van der Waals surface area contributed by atoms with E-state index in [1.807, 2.05) is 54.6 Å². The van der Waals surface area contributed by atoms with Gasteiger partial charge in [-0.05, 0) is 36.8 Å². The maximum absolute atomic E-state index is 13.1. The van der Waals surface area contributed by atoms with Crippen molar-refractivity contribution in [2.24, 2.45) is 0 Å². The van der Waals surface area contributed by atoms with Crippen molar-refractivity contribution in [2.45, 2.75) is 18.4 Å². The molecule has 140 valence electrons. The van der Waals surface area contributed by atoms with Crippen LogP contribution in [-0.2, 0) is 11.3 Å². The number of thiazole rings is 1. The number of carbonyl (C=O) groups is 1. The molecule has 0 fully saturated rings. The molecular weight excluding hydrogens is 384 g/mol. The Kier molecular flexibility index (Phi) is 5.74. The molecule has 0 saturated heterocycles. The second-order valence-electron chi connectivity index (χ2n) is 6.53. The maximum Gasteiger partial charge on any atom is 0.239 e. The Bertz CT molecular complexity index is 1040. The van der Waals surface area contributed by atoms with Crippen molar-refractivity contribution in [2.75, 3.05) is 10.7 Å². The van der Waals surface area contributed by atoms with E-state index in [1.54, 1.807) is 28.0 Å². The van der Waals surface area contributed by atoms with Gasteiger partial charge < -0.3 is 0 Å². The molecule has 0 atom stereocenters. The number of amides is 1. The van der Waals surface area contributed by atoms with Crippen LogP contribution < -0.4 is 4.90 Å². The molecule has 0 aliphatic rings. The van der Waals surface area contributed by atoms with Crippen LogP contribution in [0.25, 0.3) is 10.2 Å². The van der Waals surface area contributed by atoms with Crippen LogP contribution in [0.1, 0.15) is 11.1 Å². The van der Waals surface area contributed by atoms with Gasteiger partial charge in [0, 0.05) is 4.90 Å². The number of hydrogen-bond acceptors (Lipinski definition) is 4. The third-order valence-electron chi connectivity index (χ3n) is 4.38. The molecular formula is C23H20N2OS2. The van der Waals surface area contributed by atoms with Gasteiger partial charge in [0.15, 0.2) is 5.13 Å². The van der Waals surface area contributed by atoms with Crippen LogP contribution in [0.4, 0.5) is 5.13 Å². The van der Waals surface area contributed by atoms with Gasteiger partial charge >= 0.3 is 0 Å². The molecule has 0 spiro atoms. The third-order valence-corrected chi connectivity index (χ3v) is 6.44. The number of benzene rings is 3. The van der Waals surface area contributed by atoms with E-state index in [-0.39, 0.29) is 5.91 Å². The van der Waals surface area contributed by atoms with Gasteiger partial charge in [-0.25, -0.2) is 4.98 Å². The monoisotopic (exact) mass is 404 g/mol. The normalized spacial score (nSPS) is 10.9. The molecule has 1 amide bonds. The lowest BCUT2D eigenvalue weighted by atomic mass is 10.2. The minimum atomic E-state index is 0.0634. The molecule has 28 heavy (non-hydrogen) atoms. The molecule has 5 heteroatoms. The van der Waals surface area contributed by atoms with Gasteiger partial charge in [0.25, 0.3) is 0 Å². The predicted molar refractivity (Wildman–Crippen MR) is 119 cm³/mol. The zero-order valence-electron chi connectivity index (χ0n) is 15.5. The highest BCUT2D eigenvalue weighted by molar-refractivity contribution is 8.00. The highest BCUT2D eigenvalue weighted by atomic mass is 32.2. The summed E-state index contributed by atoms with van der Waals surface area (Å²) in [6.07, 6.45) is 0. The summed E-state index contributed by atoms with van der Waals surface area (Å²) in [5.74, 6) is 0.444. The Morgan fingerprint density at radius 3 is 2.43 bits per heavy atom. The van der Waals surface area contributed by atoms with Crippen molar-refractivity contribution in [3.63, 3.8) is 0 Å². The summed E-state index contributed by atoms with van der Waals surface area (Å²) in [7, 11) is 0. The van der Waals surface area contributed by atoms with E-state index in [0.717, 1.165) is 25.8 Å². The van der Waals surface area contributed by atoms with E-state index < -0.39 is 0 Å². The number of rotatable bonds is 6. The molecule has 0 radical (unpaired) electrons. The van der Waals surface area contributed by atoms with Crippen LogP contribution in [0.15, 0.2) is 83.8 Å². The fraction of sp³-hybridized carbons (Fsp3) is 0.130. The fourth-order valence-electron chi connectivity index (χ4n) is 2.86. The molecule has 0 unspecified atom stereocenters. The average molecular weight is 405 g/mol. The molecule has 3 nitrogen and oxygen atoms in total. The van der Waals surface area contributed by atoms with Crippen LogP contribution in [0.3, 0.4) is 0 Å². The first-order valence-electron chi connectivity index (χ1n) is 9.08. The van der Waals surface area contributed by atoms with Gasteiger partial charge in [-0.1, -0.05) is 71.5 Å². The van der Waals surface area contributed by atoms with Gasteiger partial charge in [-0.3, -0.25) is 9.69 Å². The van der Waals surface area contributed by atoms with E-state index in [4.69, 9.17) is 4.98 Å². The first-order chi connectivity index (χ1) is 13.7. The zero-order chi connectivity index (χ0) is 19.3. The van der Waals surface area contributed by atoms with Crippen LogP contribution in [-0.4, -0.2) is 16.6 Å². The van der Waals surface area contributed by atoms with Crippen molar-refractivity contribution in [3.8, 4) is 0 Å². The molecule has 1 heterocycles. The van der Waals surface area contributed by atoms with Crippen LogP contribution in [0.2, 0.25) is 0 Å². The molecule has 3 aromatic carbocycles. The molecule has 0 bridgehead atoms. The summed E-state index contributed by atoms with van der Waals surface area (Å²) in [6.45, 7) is 2.59. The van der Waals surface area contributed by atoms with Crippen molar-refractivity contribution in [1.82, 2.24) is 4.98 Å². The van der Waals surface area contributed by atoms with Gasteiger partial charge in [-0.15, -0.1) is 11.8 Å². The number of thioether (sulfide) groups is 1. The molecule has 0 N–H and O–H groups in total. The first kappa shape index (κ1) is 18.7. The number of para-hydroxylation sites is 1. The number of fused-ring (bicyclic) bond motifs is 1. The number of aromatic nitrogens is 1. The summed E-state index contributed by atoms with van der Waals surface area (Å²) in [5, 5.41) is 0.750. The van der Waals surface area contributed by atoms with Gasteiger partial charge in [0.2, 0.25) is 5.91 Å². The Morgan fingerprint density at radius 1 is 0.964 bits per heavy atom. The largest absolute Gasteiger partial charge is 0.283 e. The number of carbonyl (C=O) groups excluding carboxylic acids is 1. The Labute approximate surface area is 173 Å². The molecule has 4 rings (SSSR count). The number of anilines is 1. The minimum Gasteiger partial charge on any atom is -0.283 e. The molecule has 0 aliphatic carbocycles. The smallest absolute Gasteiger partial charge is 0.239 e. The minimum absolute atomic E-state index is 0.0634. The number of nitrogens with zero attached hydrogens (tertiary/aromatic N) is 2. The highest BCUT2D eigenvalue weighted by Gasteiger charge is 2.20. The fourth-order valence-corrected chi connectivity index (χ4v) is 4.62. The van der Waals surface area contributed by atoms with Crippen LogP contribution >= 0.6 is 23.1 Å². The van der Waals surface area contributed by atoms with Crippen LogP contribution in [0.5, 0.6) is 0 Å². The standard InChI is InChI=1S/C23H20N2OS2/c1-17-11-13-19(14-12-17)27-16-22(26)25(15-18-7-3-2-4-8-18)23-24-20-9-5-6-10-21(20)28-23/h2-14H,15-16H2,1H3. The second kappa shape index (κ2) is 8.59. The van der Waals surface area contributed by atoms with Gasteiger partial charge in [0.1, 0.15) is 0 Å². The van der Waals surface area contributed by atoms with Crippen molar-refractivity contribution in [3.05, 3.63) is 90.0 Å². The summed E-state index contributed by atoms with van der Waals surface area (Å²) in [5.41, 5.74) is 3.24. The van der Waals surface area contributed by atoms with E-state index in [1.165, 1.54) is 5.56 Å². The molecule has 4 aromatic rings. The second-order valence-corrected chi connectivity index (χ2v) is 8.59. The van der Waals surface area contributed by atoms with Crippen LogP contribution in [0, 0.1) is 6.92 Å². The van der Waals surface area contributed by atoms with Crippen molar-refractivity contribution in [1.29, 1.82) is 0 Å². The lowest BCUT2D eigenvalue weighted by molar-refractivity contribution is -0.116. The predicted octanol–water partition coefficient (Wildman–Crippen LogP) is 5.93. The van der Waals surface area contributed by atoms with Gasteiger partial charge in [-0.2, -0.15) is 0 Å². The van der Waals surface area contributed by atoms with Crippen molar-refractivity contribution >= 4 is 44.4 Å². The molecule has 0 aliphatic heterocycles. The van der Waals surface area contributed by atoms with E-state index in [0.29, 0.717) is 12.3 Å². The topological polar surface area (TPSA) is 33.2 Å². The number of hydrogen-bond donors (Lipinski definition) is 0. The van der Waals surface area contributed by atoms with E-state index in [9.17, 15) is 4.79 Å². The Hall–Kier alpha value is -2.63. The third kappa shape index (κ3) is 4.43. The highest BCUT2D eigenvalue weighted by Crippen LogP contribution is 2.30. The molecule has 0 saturated carbocycles. The average Bonchev–Trinajstić information content (AvgIpc) is 3.16. The van der Waals surface area contributed by atoms with E-state index >= 15 is 0 Å². The summed E-state index contributed by atoms with van der Waals surface area (Å²) < 4.78 is 1.09. The van der Waals surface area contributed by atoms with E-state index in [2.05, 4.69) is 31.2 Å². The lowest BCUT2D eigenvalue weighted by Gasteiger charge is -2.20. The Balaban J connectivity index is 1.58. The maximum atomic E-state index is 13.1.